The number of hydrogen-bond donors (Lipinski definition) is 0. The van der Waals surface area contributed by atoms with Crippen LogP contribution in [-0.4, -0.2) is 26.3 Å². The van der Waals surface area contributed by atoms with Gasteiger partial charge in [0.2, 0.25) is 0 Å². The zero-order valence-electron chi connectivity index (χ0n) is 13.5. The molecule has 23 heavy (non-hydrogen) atoms. The molecule has 3 rings (SSSR count). The second kappa shape index (κ2) is 6.18. The van der Waals surface area contributed by atoms with E-state index in [0.717, 1.165) is 28.6 Å². The average molecular weight is 331 g/mol. The predicted molar refractivity (Wildman–Crippen MR) is 92.6 cm³/mol. The molecule has 1 aromatic carbocycles. The fourth-order valence-corrected chi connectivity index (χ4v) is 3.00. The zero-order valence-corrected chi connectivity index (χ0v) is 14.2. The molecule has 0 radical (unpaired) electrons. The van der Waals surface area contributed by atoms with Crippen molar-refractivity contribution in [2.75, 3.05) is 7.05 Å². The Kier molecular flexibility index (Phi) is 4.24. The third kappa shape index (κ3) is 3.30. The molecule has 2 heterocycles. The van der Waals surface area contributed by atoms with Gasteiger partial charge < -0.3 is 4.57 Å². The van der Waals surface area contributed by atoms with Crippen molar-refractivity contribution in [2.45, 2.75) is 13.1 Å². The van der Waals surface area contributed by atoms with Crippen molar-refractivity contribution in [1.29, 1.82) is 0 Å². The zero-order chi connectivity index (χ0) is 16.6. The quantitative estimate of drug-likeness (QED) is 0.738. The fourth-order valence-electron chi connectivity index (χ4n) is 2.83. The normalized spacial score (nSPS) is 11.5. The molecule has 0 saturated carbocycles. The van der Waals surface area contributed by atoms with Gasteiger partial charge in [-0.1, -0.05) is 17.7 Å². The number of pyridine rings is 1. The van der Waals surface area contributed by atoms with Crippen molar-refractivity contribution in [1.82, 2.24) is 19.2 Å². The first-order valence-corrected chi connectivity index (χ1v) is 7.76. The second-order valence-corrected chi connectivity index (χ2v) is 6.37. The molecule has 0 aliphatic carbocycles. The van der Waals surface area contributed by atoms with E-state index < -0.39 is 0 Å². The van der Waals surface area contributed by atoms with Gasteiger partial charge in [0.15, 0.2) is 0 Å². The predicted octanol–water partition coefficient (Wildman–Crippen LogP) is 2.56. The highest BCUT2D eigenvalue weighted by molar-refractivity contribution is 6.31. The first-order valence-electron chi connectivity index (χ1n) is 7.38. The van der Waals surface area contributed by atoms with Crippen LogP contribution in [0.5, 0.6) is 0 Å². The van der Waals surface area contributed by atoms with Gasteiger partial charge in [0, 0.05) is 49.5 Å². The highest BCUT2D eigenvalue weighted by atomic mass is 35.5. The summed E-state index contributed by atoms with van der Waals surface area (Å²) in [7, 11) is 5.68. The van der Waals surface area contributed by atoms with Gasteiger partial charge in [-0.25, -0.2) is 0 Å². The van der Waals surface area contributed by atoms with Gasteiger partial charge in [0.25, 0.3) is 5.56 Å². The Balaban J connectivity index is 1.89. The van der Waals surface area contributed by atoms with Crippen molar-refractivity contribution < 1.29 is 0 Å². The number of aromatic nitrogens is 3. The van der Waals surface area contributed by atoms with Gasteiger partial charge in [-0.05, 0) is 30.6 Å². The van der Waals surface area contributed by atoms with E-state index in [9.17, 15) is 4.79 Å². The Labute approximate surface area is 139 Å². The molecule has 0 atom stereocenters. The summed E-state index contributed by atoms with van der Waals surface area (Å²) in [6, 6.07) is 7.56. The molecule has 0 N–H and O–H groups in total. The van der Waals surface area contributed by atoms with Crippen molar-refractivity contribution >= 4 is 22.5 Å². The third-order valence-corrected chi connectivity index (χ3v) is 4.15. The number of aryl methyl sites for hydroxylation is 2. The van der Waals surface area contributed by atoms with E-state index in [1.807, 2.05) is 50.8 Å². The van der Waals surface area contributed by atoms with Crippen molar-refractivity contribution in [2.24, 2.45) is 14.1 Å². The van der Waals surface area contributed by atoms with E-state index in [1.165, 1.54) is 0 Å². The smallest absolute Gasteiger partial charge is 0.255 e. The maximum atomic E-state index is 12.6. The van der Waals surface area contributed by atoms with Crippen LogP contribution in [0.3, 0.4) is 0 Å². The lowest BCUT2D eigenvalue weighted by Crippen LogP contribution is -2.26. The lowest BCUT2D eigenvalue weighted by Gasteiger charge is -2.17. The molecule has 0 amide bonds. The molecule has 6 heteroatoms. The molecule has 0 saturated heterocycles. The molecule has 5 nitrogen and oxygen atoms in total. The molecule has 2 aromatic heterocycles. The van der Waals surface area contributed by atoms with E-state index in [-0.39, 0.29) is 5.56 Å². The number of halogens is 1. The first kappa shape index (κ1) is 15.8. The Morgan fingerprint density at radius 3 is 2.70 bits per heavy atom. The highest BCUT2D eigenvalue weighted by Crippen LogP contribution is 2.19. The minimum Gasteiger partial charge on any atom is -0.311 e. The van der Waals surface area contributed by atoms with E-state index >= 15 is 0 Å². The van der Waals surface area contributed by atoms with Crippen LogP contribution in [0.25, 0.3) is 10.9 Å². The summed E-state index contributed by atoms with van der Waals surface area (Å²) in [5.41, 5.74) is 2.76. The summed E-state index contributed by atoms with van der Waals surface area (Å²) in [5, 5.41) is 5.82. The number of fused-ring (bicyclic) bond motifs is 1. The van der Waals surface area contributed by atoms with Gasteiger partial charge in [0.05, 0.1) is 11.7 Å². The molecule has 0 fully saturated rings. The van der Waals surface area contributed by atoms with Crippen LogP contribution in [0.1, 0.15) is 11.1 Å². The van der Waals surface area contributed by atoms with Crippen LogP contribution in [0.15, 0.2) is 41.5 Å². The molecular weight excluding hydrogens is 312 g/mol. The van der Waals surface area contributed by atoms with Crippen molar-refractivity contribution in [3.63, 3.8) is 0 Å². The topological polar surface area (TPSA) is 43.1 Å². The van der Waals surface area contributed by atoms with E-state index in [0.29, 0.717) is 11.6 Å². The van der Waals surface area contributed by atoms with Crippen LogP contribution in [0.2, 0.25) is 5.02 Å². The summed E-state index contributed by atoms with van der Waals surface area (Å²) in [5.74, 6) is 0. The van der Waals surface area contributed by atoms with E-state index in [4.69, 9.17) is 11.6 Å². The maximum Gasteiger partial charge on any atom is 0.255 e. The Hall–Kier alpha value is -2.11. The molecular formula is C17H19ClN4O. The summed E-state index contributed by atoms with van der Waals surface area (Å²) < 4.78 is 3.44. The van der Waals surface area contributed by atoms with Gasteiger partial charge >= 0.3 is 0 Å². The number of benzene rings is 1. The number of hydrogen-bond acceptors (Lipinski definition) is 3. The summed E-state index contributed by atoms with van der Waals surface area (Å²) >= 11 is 6.03. The number of nitrogens with zero attached hydrogens (tertiary/aromatic N) is 4. The average Bonchev–Trinajstić information content (AvgIpc) is 2.90. The fraction of sp³-hybridized carbons (Fsp3) is 0.294. The van der Waals surface area contributed by atoms with Gasteiger partial charge in [-0.2, -0.15) is 5.10 Å². The van der Waals surface area contributed by atoms with Crippen molar-refractivity contribution in [3.8, 4) is 0 Å². The van der Waals surface area contributed by atoms with E-state index in [1.54, 1.807) is 16.3 Å². The van der Waals surface area contributed by atoms with Crippen LogP contribution in [0.4, 0.5) is 0 Å². The molecule has 0 spiro atoms. The maximum absolute atomic E-state index is 12.6. The molecule has 0 aliphatic heterocycles. The van der Waals surface area contributed by atoms with E-state index in [2.05, 4.69) is 10.00 Å². The molecule has 0 unspecified atom stereocenters. The second-order valence-electron chi connectivity index (χ2n) is 5.93. The van der Waals surface area contributed by atoms with Gasteiger partial charge in [-0.15, -0.1) is 0 Å². The minimum absolute atomic E-state index is 0.0119. The summed E-state index contributed by atoms with van der Waals surface area (Å²) in [6.45, 7) is 1.33. The highest BCUT2D eigenvalue weighted by Gasteiger charge is 2.10. The first-order chi connectivity index (χ1) is 10.9. The molecule has 120 valence electrons. The lowest BCUT2D eigenvalue weighted by atomic mass is 10.1. The van der Waals surface area contributed by atoms with Crippen LogP contribution in [0, 0.1) is 0 Å². The molecule has 0 bridgehead atoms. The summed E-state index contributed by atoms with van der Waals surface area (Å²) in [4.78, 5) is 14.7. The van der Waals surface area contributed by atoms with Gasteiger partial charge in [0.1, 0.15) is 0 Å². The SMILES string of the molecule is CN(Cc1cnn(C)c1)Cc1cc2ccc(Cl)cc2n(C)c1=O. The Morgan fingerprint density at radius 1 is 1.22 bits per heavy atom. The molecule has 3 aromatic rings. The largest absolute Gasteiger partial charge is 0.311 e. The number of rotatable bonds is 4. The monoisotopic (exact) mass is 330 g/mol. The minimum atomic E-state index is 0.0119. The Bertz CT molecular complexity index is 913. The Morgan fingerprint density at radius 2 is 2.00 bits per heavy atom. The lowest BCUT2D eigenvalue weighted by molar-refractivity contribution is 0.317. The third-order valence-electron chi connectivity index (χ3n) is 3.91. The van der Waals surface area contributed by atoms with Crippen LogP contribution < -0.4 is 5.56 Å². The van der Waals surface area contributed by atoms with Crippen molar-refractivity contribution in [3.05, 3.63) is 63.2 Å². The van der Waals surface area contributed by atoms with Gasteiger partial charge in [-0.3, -0.25) is 14.4 Å². The molecule has 0 aliphatic rings. The standard InChI is InChI=1S/C17H19ClN4O/c1-20(9-12-8-19-21(2)10-12)11-14-6-13-4-5-15(18)7-16(13)22(3)17(14)23/h4-8,10H,9,11H2,1-3H3. The summed E-state index contributed by atoms with van der Waals surface area (Å²) in [6.07, 6.45) is 3.83. The van der Waals surface area contributed by atoms with Crippen LogP contribution in [-0.2, 0) is 27.2 Å². The van der Waals surface area contributed by atoms with Crippen LogP contribution >= 0.6 is 11.6 Å².